The second-order valence-electron chi connectivity index (χ2n) is 10.4. The van der Waals surface area contributed by atoms with Crippen molar-refractivity contribution in [2.45, 2.75) is 51.6 Å². The summed E-state index contributed by atoms with van der Waals surface area (Å²) in [4.78, 5) is 18.3. The van der Waals surface area contributed by atoms with Crippen LogP contribution in [0.3, 0.4) is 0 Å². The maximum Gasteiger partial charge on any atom is 0.316 e. The van der Waals surface area contributed by atoms with Crippen LogP contribution in [-0.4, -0.2) is 56.8 Å². The molecular formula is C33H42N2O3. The molecule has 1 atom stereocenters. The Morgan fingerprint density at radius 3 is 2.18 bits per heavy atom. The zero-order valence-electron chi connectivity index (χ0n) is 23.4. The molecule has 0 aliphatic carbocycles. The molecule has 0 N–H and O–H groups in total. The average molecular weight is 515 g/mol. The molecule has 1 saturated heterocycles. The molecule has 0 radical (unpaired) electrons. The standard InChI is InChI=1S/C33H42N2O3/c1-5-33(32(36)38-26(2)3,28-12-7-6-8-13-28)20-11-21-34-22-24-35(25-23-34)29-18-16-27(17-19-29)30-14-9-10-15-31(30)37-4/h6-10,12-19,26H,5,11,20-25H2,1-4H3. The Labute approximate surface area is 228 Å². The molecule has 202 valence electrons. The van der Waals surface area contributed by atoms with E-state index < -0.39 is 5.41 Å². The molecule has 5 heteroatoms. The van der Waals surface area contributed by atoms with E-state index >= 15 is 0 Å². The van der Waals surface area contributed by atoms with Crippen LogP contribution in [0.5, 0.6) is 5.75 Å². The normalized spacial score (nSPS) is 15.8. The molecule has 1 heterocycles. The minimum Gasteiger partial charge on any atom is -0.496 e. The summed E-state index contributed by atoms with van der Waals surface area (Å²) in [6, 6.07) is 27.1. The second-order valence-corrected chi connectivity index (χ2v) is 10.4. The fourth-order valence-electron chi connectivity index (χ4n) is 5.54. The number of ether oxygens (including phenoxy) is 2. The Morgan fingerprint density at radius 2 is 1.55 bits per heavy atom. The highest BCUT2D eigenvalue weighted by atomic mass is 16.5. The Morgan fingerprint density at radius 1 is 0.895 bits per heavy atom. The van der Waals surface area contributed by atoms with Crippen molar-refractivity contribution in [2.75, 3.05) is 44.7 Å². The first-order chi connectivity index (χ1) is 18.5. The highest BCUT2D eigenvalue weighted by Crippen LogP contribution is 2.35. The summed E-state index contributed by atoms with van der Waals surface area (Å²) in [6.07, 6.45) is 2.38. The minimum absolute atomic E-state index is 0.0948. The largest absolute Gasteiger partial charge is 0.496 e. The first-order valence-electron chi connectivity index (χ1n) is 13.9. The third-order valence-corrected chi connectivity index (χ3v) is 7.76. The molecule has 38 heavy (non-hydrogen) atoms. The van der Waals surface area contributed by atoms with Crippen molar-refractivity contribution < 1.29 is 14.3 Å². The summed E-state index contributed by atoms with van der Waals surface area (Å²) in [5, 5.41) is 0. The molecule has 1 aliphatic heterocycles. The predicted octanol–water partition coefficient (Wildman–Crippen LogP) is 6.56. The summed E-state index contributed by atoms with van der Waals surface area (Å²) >= 11 is 0. The molecule has 1 fully saturated rings. The summed E-state index contributed by atoms with van der Waals surface area (Å²) < 4.78 is 11.3. The van der Waals surface area contributed by atoms with E-state index in [1.807, 2.05) is 50.2 Å². The van der Waals surface area contributed by atoms with Crippen LogP contribution in [0.15, 0.2) is 78.9 Å². The Bertz CT molecular complexity index is 1150. The fraction of sp³-hybridized carbons (Fsp3) is 0.424. The van der Waals surface area contributed by atoms with Crippen LogP contribution < -0.4 is 9.64 Å². The van der Waals surface area contributed by atoms with Gasteiger partial charge in [-0.25, -0.2) is 0 Å². The number of para-hydroxylation sites is 1. The van der Waals surface area contributed by atoms with Gasteiger partial charge in [-0.15, -0.1) is 0 Å². The Kier molecular flexibility index (Phi) is 9.46. The lowest BCUT2D eigenvalue weighted by Crippen LogP contribution is -2.47. The van der Waals surface area contributed by atoms with Crippen molar-refractivity contribution in [1.29, 1.82) is 0 Å². The van der Waals surface area contributed by atoms with E-state index in [-0.39, 0.29) is 12.1 Å². The van der Waals surface area contributed by atoms with Crippen LogP contribution in [0.25, 0.3) is 11.1 Å². The van der Waals surface area contributed by atoms with Crippen molar-refractivity contribution in [3.8, 4) is 16.9 Å². The molecule has 0 amide bonds. The maximum atomic E-state index is 13.3. The van der Waals surface area contributed by atoms with E-state index in [2.05, 4.69) is 59.2 Å². The van der Waals surface area contributed by atoms with Crippen LogP contribution in [0.4, 0.5) is 5.69 Å². The summed E-state index contributed by atoms with van der Waals surface area (Å²) in [7, 11) is 1.72. The monoisotopic (exact) mass is 514 g/mol. The molecular weight excluding hydrogens is 472 g/mol. The first-order valence-corrected chi connectivity index (χ1v) is 13.9. The van der Waals surface area contributed by atoms with Gasteiger partial charge >= 0.3 is 5.97 Å². The van der Waals surface area contributed by atoms with Gasteiger partial charge < -0.3 is 14.4 Å². The lowest BCUT2D eigenvalue weighted by atomic mass is 9.74. The van der Waals surface area contributed by atoms with E-state index in [0.29, 0.717) is 0 Å². The van der Waals surface area contributed by atoms with Crippen molar-refractivity contribution in [3.63, 3.8) is 0 Å². The van der Waals surface area contributed by atoms with Crippen LogP contribution in [0, 0.1) is 0 Å². The Balaban J connectivity index is 1.33. The summed E-state index contributed by atoms with van der Waals surface area (Å²) in [5.41, 5.74) is 4.01. The van der Waals surface area contributed by atoms with Gasteiger partial charge in [-0.2, -0.15) is 0 Å². The van der Waals surface area contributed by atoms with Gasteiger partial charge in [0.15, 0.2) is 0 Å². The number of hydrogen-bond acceptors (Lipinski definition) is 5. The summed E-state index contributed by atoms with van der Waals surface area (Å²) in [6.45, 7) is 11.0. The summed E-state index contributed by atoms with van der Waals surface area (Å²) in [5.74, 6) is 0.799. The van der Waals surface area contributed by atoms with Gasteiger partial charge in [-0.3, -0.25) is 9.69 Å². The van der Waals surface area contributed by atoms with Crippen molar-refractivity contribution >= 4 is 11.7 Å². The highest BCUT2D eigenvalue weighted by Gasteiger charge is 2.40. The molecule has 1 aliphatic rings. The number of nitrogens with zero attached hydrogens (tertiary/aromatic N) is 2. The number of piperazine rings is 1. The molecule has 3 aromatic rings. The number of hydrogen-bond donors (Lipinski definition) is 0. The topological polar surface area (TPSA) is 42.0 Å². The van der Waals surface area contributed by atoms with E-state index in [0.717, 1.165) is 68.9 Å². The third-order valence-electron chi connectivity index (χ3n) is 7.76. The second kappa shape index (κ2) is 13.0. The van der Waals surface area contributed by atoms with E-state index in [4.69, 9.17) is 9.47 Å². The molecule has 5 nitrogen and oxygen atoms in total. The maximum absolute atomic E-state index is 13.3. The van der Waals surface area contributed by atoms with Gasteiger partial charge in [0.1, 0.15) is 5.75 Å². The number of benzene rings is 3. The van der Waals surface area contributed by atoms with Gasteiger partial charge in [-0.1, -0.05) is 67.6 Å². The Hall–Kier alpha value is -3.31. The van der Waals surface area contributed by atoms with Crippen LogP contribution in [0.2, 0.25) is 0 Å². The third kappa shape index (κ3) is 6.39. The molecule has 4 rings (SSSR count). The SMILES string of the molecule is CCC(CCCN1CCN(c2ccc(-c3ccccc3OC)cc2)CC1)(C(=O)OC(C)C)c1ccccc1. The minimum atomic E-state index is -0.587. The zero-order chi connectivity index (χ0) is 27.0. The molecule has 1 unspecified atom stereocenters. The van der Waals surface area contributed by atoms with Crippen molar-refractivity contribution in [1.82, 2.24) is 4.90 Å². The van der Waals surface area contributed by atoms with Crippen LogP contribution in [0.1, 0.15) is 45.6 Å². The quantitative estimate of drug-likeness (QED) is 0.271. The number of anilines is 1. The van der Waals surface area contributed by atoms with Gasteiger partial charge in [0.25, 0.3) is 0 Å². The van der Waals surface area contributed by atoms with Gasteiger partial charge in [0.05, 0.1) is 18.6 Å². The van der Waals surface area contributed by atoms with Gasteiger partial charge in [0, 0.05) is 37.4 Å². The van der Waals surface area contributed by atoms with Gasteiger partial charge in [0.2, 0.25) is 0 Å². The van der Waals surface area contributed by atoms with Crippen molar-refractivity contribution in [3.05, 3.63) is 84.4 Å². The molecule has 0 aromatic heterocycles. The van der Waals surface area contributed by atoms with Gasteiger partial charge in [-0.05, 0) is 69.0 Å². The predicted molar refractivity (Wildman–Crippen MR) is 156 cm³/mol. The molecule has 0 spiro atoms. The zero-order valence-corrected chi connectivity index (χ0v) is 23.4. The fourth-order valence-corrected chi connectivity index (χ4v) is 5.54. The first kappa shape index (κ1) is 27.7. The average Bonchev–Trinajstić information content (AvgIpc) is 2.96. The number of rotatable bonds is 11. The number of methoxy groups -OCH3 is 1. The van der Waals surface area contributed by atoms with E-state index in [1.54, 1.807) is 7.11 Å². The highest BCUT2D eigenvalue weighted by molar-refractivity contribution is 5.83. The van der Waals surface area contributed by atoms with Crippen molar-refractivity contribution in [2.24, 2.45) is 0 Å². The smallest absolute Gasteiger partial charge is 0.316 e. The number of esters is 1. The van der Waals surface area contributed by atoms with E-state index in [9.17, 15) is 4.79 Å². The number of carbonyl (C=O) groups is 1. The lowest BCUT2D eigenvalue weighted by Gasteiger charge is -2.37. The lowest BCUT2D eigenvalue weighted by molar-refractivity contribution is -0.155. The van der Waals surface area contributed by atoms with Crippen LogP contribution >= 0.6 is 0 Å². The molecule has 3 aromatic carbocycles. The van der Waals surface area contributed by atoms with E-state index in [1.165, 1.54) is 11.3 Å². The molecule has 0 saturated carbocycles. The number of carbonyl (C=O) groups excluding carboxylic acids is 1. The van der Waals surface area contributed by atoms with Crippen LogP contribution in [-0.2, 0) is 14.9 Å². The molecule has 0 bridgehead atoms.